The van der Waals surface area contributed by atoms with E-state index in [0.29, 0.717) is 37.6 Å². The fourth-order valence-electron chi connectivity index (χ4n) is 3.02. The second kappa shape index (κ2) is 9.69. The summed E-state index contributed by atoms with van der Waals surface area (Å²) in [6.07, 6.45) is -0.178. The maximum Gasteiger partial charge on any atom is 0.243 e. The van der Waals surface area contributed by atoms with Crippen molar-refractivity contribution in [2.24, 2.45) is 0 Å². The van der Waals surface area contributed by atoms with Crippen LogP contribution in [0.1, 0.15) is 12.0 Å². The molecule has 30 heavy (non-hydrogen) atoms. The summed E-state index contributed by atoms with van der Waals surface area (Å²) in [4.78, 5) is 12.3. The number of benzene rings is 2. The highest BCUT2D eigenvalue weighted by atomic mass is 32.2. The number of ether oxygens (including phenoxy) is 1. The van der Waals surface area contributed by atoms with Gasteiger partial charge in [0, 0.05) is 25.2 Å². The van der Waals surface area contributed by atoms with Gasteiger partial charge in [0.2, 0.25) is 15.9 Å². The molecule has 162 valence electrons. The first-order valence-electron chi connectivity index (χ1n) is 9.48. The topological polar surface area (TPSA) is 110 Å². The van der Waals surface area contributed by atoms with E-state index < -0.39 is 25.8 Å². The van der Waals surface area contributed by atoms with Crippen LogP contribution in [-0.2, 0) is 35.1 Å². The van der Waals surface area contributed by atoms with Gasteiger partial charge in [-0.05, 0) is 29.8 Å². The Kier molecular flexibility index (Phi) is 7.24. The molecule has 0 saturated carbocycles. The molecule has 1 amide bonds. The van der Waals surface area contributed by atoms with Gasteiger partial charge < -0.3 is 10.1 Å². The van der Waals surface area contributed by atoms with E-state index in [0.717, 1.165) is 0 Å². The third kappa shape index (κ3) is 6.11. The molecule has 0 aliphatic carbocycles. The van der Waals surface area contributed by atoms with Crippen LogP contribution in [0.3, 0.4) is 0 Å². The first-order chi connectivity index (χ1) is 14.3. The molecule has 8 nitrogen and oxygen atoms in total. The Bertz CT molecular complexity index is 1060. The first kappa shape index (κ1) is 22.4. The Morgan fingerprint density at radius 3 is 2.20 bits per heavy atom. The smallest absolute Gasteiger partial charge is 0.243 e. The molecule has 1 fully saturated rings. The number of anilines is 1. The van der Waals surface area contributed by atoms with E-state index in [1.54, 1.807) is 30.3 Å². The second-order valence-electron chi connectivity index (χ2n) is 6.92. The molecule has 0 aromatic heterocycles. The van der Waals surface area contributed by atoms with Crippen LogP contribution in [0.2, 0.25) is 0 Å². The zero-order valence-electron chi connectivity index (χ0n) is 16.4. The van der Waals surface area contributed by atoms with Crippen LogP contribution >= 0.6 is 0 Å². The molecule has 1 saturated heterocycles. The molecule has 1 heterocycles. The molecule has 3 rings (SSSR count). The number of rotatable bonds is 8. The van der Waals surface area contributed by atoms with E-state index in [9.17, 15) is 21.6 Å². The highest BCUT2D eigenvalue weighted by Gasteiger charge is 2.26. The molecule has 1 aliphatic heterocycles. The average molecular weight is 453 g/mol. The Balaban J connectivity index is 1.54. The highest BCUT2D eigenvalue weighted by Crippen LogP contribution is 2.19. The molecule has 0 atom stereocenters. The number of nitrogens with one attached hydrogen (secondary N) is 1. The Morgan fingerprint density at radius 2 is 1.57 bits per heavy atom. The molecule has 0 unspecified atom stereocenters. The van der Waals surface area contributed by atoms with Crippen molar-refractivity contribution in [1.29, 1.82) is 0 Å². The summed E-state index contributed by atoms with van der Waals surface area (Å²) in [5.41, 5.74) is 1.08. The number of amides is 1. The van der Waals surface area contributed by atoms with Crippen LogP contribution in [0.5, 0.6) is 0 Å². The van der Waals surface area contributed by atoms with Crippen LogP contribution in [-0.4, -0.2) is 59.1 Å². The maximum absolute atomic E-state index is 12.6. The van der Waals surface area contributed by atoms with Crippen molar-refractivity contribution in [2.75, 3.05) is 37.4 Å². The second-order valence-corrected chi connectivity index (χ2v) is 11.0. The van der Waals surface area contributed by atoms with Gasteiger partial charge in [0.1, 0.15) is 0 Å². The average Bonchev–Trinajstić information content (AvgIpc) is 2.74. The van der Waals surface area contributed by atoms with Crippen molar-refractivity contribution >= 4 is 31.5 Å². The van der Waals surface area contributed by atoms with Crippen molar-refractivity contribution in [2.45, 2.75) is 17.1 Å². The number of nitrogens with zero attached hydrogens (tertiary/aromatic N) is 1. The zero-order valence-corrected chi connectivity index (χ0v) is 18.0. The lowest BCUT2D eigenvalue weighted by Gasteiger charge is -2.26. The van der Waals surface area contributed by atoms with Crippen LogP contribution in [0.4, 0.5) is 5.69 Å². The third-order valence-corrected chi connectivity index (χ3v) is 8.13. The van der Waals surface area contributed by atoms with Gasteiger partial charge >= 0.3 is 0 Å². The van der Waals surface area contributed by atoms with Crippen LogP contribution < -0.4 is 5.32 Å². The fraction of sp³-hybridized carbons (Fsp3) is 0.350. The lowest BCUT2D eigenvalue weighted by atomic mass is 10.2. The molecule has 0 bridgehead atoms. The van der Waals surface area contributed by atoms with E-state index in [2.05, 4.69) is 5.32 Å². The van der Waals surface area contributed by atoms with E-state index >= 15 is 0 Å². The number of sulfonamides is 1. The van der Waals surface area contributed by atoms with Crippen molar-refractivity contribution in [3.63, 3.8) is 0 Å². The summed E-state index contributed by atoms with van der Waals surface area (Å²) >= 11 is 0. The minimum atomic E-state index is -3.61. The van der Waals surface area contributed by atoms with Crippen LogP contribution in [0.25, 0.3) is 0 Å². The van der Waals surface area contributed by atoms with Gasteiger partial charge in [-0.3, -0.25) is 4.79 Å². The predicted octanol–water partition coefficient (Wildman–Crippen LogP) is 1.65. The molecule has 1 aliphatic rings. The highest BCUT2D eigenvalue weighted by molar-refractivity contribution is 7.90. The number of hydrogen-bond acceptors (Lipinski definition) is 6. The number of hydrogen-bond donors (Lipinski definition) is 1. The van der Waals surface area contributed by atoms with Gasteiger partial charge in [-0.15, -0.1) is 0 Å². The quantitative estimate of drug-likeness (QED) is 0.652. The minimum Gasteiger partial charge on any atom is -0.379 e. The monoisotopic (exact) mass is 452 g/mol. The molecular weight excluding hydrogens is 428 g/mol. The van der Waals surface area contributed by atoms with Crippen molar-refractivity contribution < 1.29 is 26.4 Å². The summed E-state index contributed by atoms with van der Waals surface area (Å²) in [7, 11) is -7.02. The van der Waals surface area contributed by atoms with Gasteiger partial charge in [-0.25, -0.2) is 16.8 Å². The maximum atomic E-state index is 12.6. The van der Waals surface area contributed by atoms with Crippen LogP contribution in [0.15, 0.2) is 59.5 Å². The summed E-state index contributed by atoms with van der Waals surface area (Å²) in [5.74, 6) is -0.831. The Labute approximate surface area is 176 Å². The Morgan fingerprint density at radius 1 is 0.933 bits per heavy atom. The fourth-order valence-corrected chi connectivity index (χ4v) is 5.77. The van der Waals surface area contributed by atoms with E-state index in [1.807, 2.05) is 0 Å². The first-order valence-corrected chi connectivity index (χ1v) is 12.7. The predicted molar refractivity (Wildman–Crippen MR) is 113 cm³/mol. The van der Waals surface area contributed by atoms with Crippen LogP contribution in [0, 0.1) is 0 Å². The summed E-state index contributed by atoms with van der Waals surface area (Å²) in [6.45, 7) is 1.33. The van der Waals surface area contributed by atoms with Gasteiger partial charge in [0.25, 0.3) is 0 Å². The van der Waals surface area contributed by atoms with E-state index in [4.69, 9.17) is 4.74 Å². The van der Waals surface area contributed by atoms with Gasteiger partial charge in [-0.2, -0.15) is 4.31 Å². The lowest BCUT2D eigenvalue weighted by Crippen LogP contribution is -2.40. The lowest BCUT2D eigenvalue weighted by molar-refractivity contribution is -0.115. The number of carbonyl (C=O) groups is 1. The van der Waals surface area contributed by atoms with Gasteiger partial charge in [0.15, 0.2) is 9.84 Å². The van der Waals surface area contributed by atoms with Gasteiger partial charge in [-0.1, -0.05) is 30.3 Å². The summed E-state index contributed by atoms with van der Waals surface area (Å²) in [5, 5.41) is 2.60. The number of morpholine rings is 1. The number of sulfone groups is 1. The Hall–Kier alpha value is -2.27. The van der Waals surface area contributed by atoms with E-state index in [1.165, 1.54) is 28.6 Å². The molecule has 2 aromatic carbocycles. The standard InChI is InChI=1S/C20H24N2O6S2/c23-20(10-15-29(24,25)16-17-4-2-1-3-5-17)21-18-6-8-19(9-7-18)30(26,27)22-11-13-28-14-12-22/h1-9H,10-16H2,(H,21,23). The van der Waals surface area contributed by atoms with Crippen molar-refractivity contribution in [3.05, 3.63) is 60.2 Å². The molecular formula is C20H24N2O6S2. The molecule has 0 radical (unpaired) electrons. The normalized spacial score (nSPS) is 15.6. The van der Waals surface area contributed by atoms with Crippen molar-refractivity contribution in [3.8, 4) is 0 Å². The molecule has 0 spiro atoms. The van der Waals surface area contributed by atoms with Crippen molar-refractivity contribution in [1.82, 2.24) is 4.31 Å². The largest absolute Gasteiger partial charge is 0.379 e. The van der Waals surface area contributed by atoms with Gasteiger partial charge in [0.05, 0.1) is 29.6 Å². The molecule has 10 heteroatoms. The molecule has 1 N–H and O–H groups in total. The zero-order chi connectivity index (χ0) is 21.6. The SMILES string of the molecule is O=C(CCS(=O)(=O)Cc1ccccc1)Nc1ccc(S(=O)(=O)N2CCOCC2)cc1. The summed E-state index contributed by atoms with van der Waals surface area (Å²) in [6, 6.07) is 14.6. The number of carbonyl (C=O) groups excluding carboxylic acids is 1. The minimum absolute atomic E-state index is 0.116. The molecule has 2 aromatic rings. The third-order valence-electron chi connectivity index (χ3n) is 4.62. The van der Waals surface area contributed by atoms with E-state index in [-0.39, 0.29) is 22.8 Å². The summed E-state index contributed by atoms with van der Waals surface area (Å²) < 4.78 is 56.1.